The maximum absolute atomic E-state index is 13.9. The first-order valence-electron chi connectivity index (χ1n) is 11.6. The van der Waals surface area contributed by atoms with E-state index in [1.54, 1.807) is 6.21 Å². The summed E-state index contributed by atoms with van der Waals surface area (Å²) in [6.07, 6.45) is 3.39. The van der Waals surface area contributed by atoms with Gasteiger partial charge in [-0.15, -0.1) is 0 Å². The molecule has 2 unspecified atom stereocenters. The molecule has 0 spiro atoms. The first-order valence-corrected chi connectivity index (χ1v) is 13.1. The van der Waals surface area contributed by atoms with Crippen molar-refractivity contribution >= 4 is 66.7 Å². The Kier molecular flexibility index (Phi) is 7.58. The smallest absolute Gasteiger partial charge is 0.185 e. The van der Waals surface area contributed by atoms with Crippen LogP contribution in [0.25, 0.3) is 11.4 Å². The van der Waals surface area contributed by atoms with Crippen molar-refractivity contribution in [3.05, 3.63) is 79.7 Å². The molecule has 0 bridgehead atoms. The van der Waals surface area contributed by atoms with Crippen LogP contribution in [0.4, 0.5) is 0 Å². The van der Waals surface area contributed by atoms with Crippen LogP contribution in [-0.4, -0.2) is 23.5 Å². The molecule has 4 rings (SSSR count). The largest absolute Gasteiger partial charge is 0.299 e. The molecule has 0 saturated carbocycles. The number of hydrogen-bond donors (Lipinski definition) is 0. The molecule has 0 aliphatic carbocycles. The fourth-order valence-corrected chi connectivity index (χ4v) is 5.16. The molecular weight excluding hydrogens is 556 g/mol. The molecule has 2 aromatic rings. The van der Waals surface area contributed by atoms with Crippen LogP contribution >= 0.6 is 31.9 Å². The van der Waals surface area contributed by atoms with Crippen molar-refractivity contribution in [3.8, 4) is 0 Å². The summed E-state index contributed by atoms with van der Waals surface area (Å²) in [6.45, 7) is 5.88. The van der Waals surface area contributed by atoms with Crippen molar-refractivity contribution in [1.29, 1.82) is 0 Å². The summed E-state index contributed by atoms with van der Waals surface area (Å²) in [5, 5.41) is 0. The van der Waals surface area contributed by atoms with Gasteiger partial charge in [-0.25, -0.2) is 4.99 Å². The summed E-state index contributed by atoms with van der Waals surface area (Å²) in [4.78, 5) is 36.2. The Bertz CT molecular complexity index is 1240. The molecule has 2 atom stereocenters. The number of nitrogens with zero attached hydrogens (tertiary/aromatic N) is 2. The van der Waals surface area contributed by atoms with E-state index in [9.17, 15) is 9.59 Å². The number of ketones is 2. The van der Waals surface area contributed by atoms with Gasteiger partial charge in [0.25, 0.3) is 0 Å². The lowest BCUT2D eigenvalue weighted by Gasteiger charge is -2.16. The van der Waals surface area contributed by atoms with Crippen LogP contribution in [0.3, 0.4) is 0 Å². The summed E-state index contributed by atoms with van der Waals surface area (Å²) in [5.41, 5.74) is 5.23. The minimum atomic E-state index is -0.409. The summed E-state index contributed by atoms with van der Waals surface area (Å²) in [5.74, 6) is -0.428. The zero-order valence-electron chi connectivity index (χ0n) is 19.4. The number of halogens is 2. The van der Waals surface area contributed by atoms with Crippen molar-refractivity contribution in [2.24, 2.45) is 21.8 Å². The molecule has 2 aromatic carbocycles. The Balaban J connectivity index is 1.84. The minimum Gasteiger partial charge on any atom is -0.299 e. The highest BCUT2D eigenvalue weighted by Crippen LogP contribution is 2.43. The molecule has 6 heteroatoms. The predicted molar refractivity (Wildman–Crippen MR) is 146 cm³/mol. The molecule has 174 valence electrons. The standard InChI is InChI=1S/C28H26Br2N2O2/c1-4-16(3)23(33)14-17(5-2)28(34)27-24-20(25(32-27)18-10-6-8-12-21(18)29)15-31-26(24)19-11-7-9-13-22(19)30/h6-13,15-17H,4-5,14H2,1-3H3. The van der Waals surface area contributed by atoms with Gasteiger partial charge in [0.05, 0.1) is 11.4 Å². The molecule has 2 heterocycles. The van der Waals surface area contributed by atoms with E-state index in [-0.39, 0.29) is 23.9 Å². The zero-order valence-corrected chi connectivity index (χ0v) is 22.6. The first kappa shape index (κ1) is 24.7. The Labute approximate surface area is 217 Å². The van der Waals surface area contributed by atoms with E-state index in [0.717, 1.165) is 49.0 Å². The number of carbonyl (C=O) groups is 2. The van der Waals surface area contributed by atoms with Crippen LogP contribution in [-0.2, 0) is 9.59 Å². The Morgan fingerprint density at radius 1 is 0.882 bits per heavy atom. The van der Waals surface area contributed by atoms with Gasteiger partial charge in [0.15, 0.2) is 5.78 Å². The van der Waals surface area contributed by atoms with Crippen molar-refractivity contribution in [2.75, 3.05) is 0 Å². The predicted octanol–water partition coefficient (Wildman–Crippen LogP) is 7.47. The number of hydrogen-bond acceptors (Lipinski definition) is 4. The van der Waals surface area contributed by atoms with Gasteiger partial charge in [0.2, 0.25) is 0 Å². The molecule has 34 heavy (non-hydrogen) atoms. The second kappa shape index (κ2) is 10.4. The van der Waals surface area contributed by atoms with Crippen molar-refractivity contribution in [2.45, 2.75) is 40.0 Å². The van der Waals surface area contributed by atoms with E-state index in [1.807, 2.05) is 69.3 Å². The van der Waals surface area contributed by atoms with Crippen LogP contribution in [0.1, 0.15) is 51.2 Å². The first-order chi connectivity index (χ1) is 16.4. The molecule has 0 radical (unpaired) electrons. The SMILES string of the molecule is CCC(C)C(=O)CC(CC)C(=O)C1=NC(c2ccccc2Br)=C2C=NC(c3ccccc3Br)=C12. The zero-order chi connectivity index (χ0) is 24.4. The molecule has 2 aliphatic rings. The van der Waals surface area contributed by atoms with E-state index in [1.165, 1.54) is 0 Å². The van der Waals surface area contributed by atoms with Gasteiger partial charge in [-0.05, 0) is 25.0 Å². The maximum Gasteiger partial charge on any atom is 0.185 e. The monoisotopic (exact) mass is 580 g/mol. The van der Waals surface area contributed by atoms with Gasteiger partial charge in [0, 0.05) is 55.7 Å². The normalized spacial score (nSPS) is 16.6. The summed E-state index contributed by atoms with van der Waals surface area (Å²) in [6, 6.07) is 15.7. The Hall–Kier alpha value is -2.44. The maximum atomic E-state index is 13.9. The van der Waals surface area contributed by atoms with Crippen LogP contribution in [0.2, 0.25) is 0 Å². The summed E-state index contributed by atoms with van der Waals surface area (Å²) < 4.78 is 1.80. The van der Waals surface area contributed by atoms with Gasteiger partial charge in [0.1, 0.15) is 11.5 Å². The summed E-state index contributed by atoms with van der Waals surface area (Å²) in [7, 11) is 0. The minimum absolute atomic E-state index is 0.0539. The quantitative estimate of drug-likeness (QED) is 0.308. The highest BCUT2D eigenvalue weighted by atomic mass is 79.9. The fourth-order valence-electron chi connectivity index (χ4n) is 4.21. The molecule has 4 nitrogen and oxygen atoms in total. The highest BCUT2D eigenvalue weighted by Gasteiger charge is 2.38. The van der Waals surface area contributed by atoms with Gasteiger partial charge < -0.3 is 0 Å². The van der Waals surface area contributed by atoms with Gasteiger partial charge in [-0.3, -0.25) is 14.6 Å². The Morgan fingerprint density at radius 2 is 1.47 bits per heavy atom. The van der Waals surface area contributed by atoms with Crippen molar-refractivity contribution < 1.29 is 9.59 Å². The van der Waals surface area contributed by atoms with Gasteiger partial charge >= 0.3 is 0 Å². The number of aliphatic imine (C=N–C) groups is 2. The van der Waals surface area contributed by atoms with Crippen LogP contribution in [0.15, 0.2) is 78.6 Å². The second-order valence-electron chi connectivity index (χ2n) is 8.61. The molecular formula is C28H26Br2N2O2. The lowest BCUT2D eigenvalue weighted by atomic mass is 9.85. The van der Waals surface area contributed by atoms with E-state index in [4.69, 9.17) is 9.98 Å². The third-order valence-electron chi connectivity index (χ3n) is 6.51. The highest BCUT2D eigenvalue weighted by molar-refractivity contribution is 9.10. The number of carbonyl (C=O) groups excluding carboxylic acids is 2. The van der Waals surface area contributed by atoms with E-state index in [2.05, 4.69) is 31.9 Å². The molecule has 0 N–H and O–H groups in total. The summed E-state index contributed by atoms with van der Waals surface area (Å²) >= 11 is 7.26. The van der Waals surface area contributed by atoms with Gasteiger partial charge in [-0.2, -0.15) is 0 Å². The van der Waals surface area contributed by atoms with Crippen LogP contribution in [0.5, 0.6) is 0 Å². The number of fused-ring (bicyclic) bond motifs is 1. The molecule has 0 amide bonds. The number of benzene rings is 2. The molecule has 0 aromatic heterocycles. The third-order valence-corrected chi connectivity index (χ3v) is 7.89. The van der Waals surface area contributed by atoms with E-state index >= 15 is 0 Å². The molecule has 2 aliphatic heterocycles. The topological polar surface area (TPSA) is 58.9 Å². The molecule has 0 saturated heterocycles. The Morgan fingerprint density at radius 3 is 2.03 bits per heavy atom. The third kappa shape index (κ3) is 4.58. The van der Waals surface area contributed by atoms with E-state index < -0.39 is 5.92 Å². The lowest BCUT2D eigenvalue weighted by molar-refractivity contribution is -0.127. The number of rotatable bonds is 9. The number of Topliss-reactive ketones (excluding diaryl/α,β-unsaturated/α-hetero) is 2. The second-order valence-corrected chi connectivity index (χ2v) is 10.3. The van der Waals surface area contributed by atoms with E-state index in [0.29, 0.717) is 12.1 Å². The van der Waals surface area contributed by atoms with Gasteiger partial charge in [-0.1, -0.05) is 89.0 Å². The average molecular weight is 582 g/mol. The van der Waals surface area contributed by atoms with Crippen LogP contribution < -0.4 is 0 Å². The molecule has 0 fully saturated rings. The van der Waals surface area contributed by atoms with Crippen molar-refractivity contribution in [1.82, 2.24) is 0 Å². The van der Waals surface area contributed by atoms with Crippen LogP contribution in [0, 0.1) is 11.8 Å². The average Bonchev–Trinajstić information content (AvgIpc) is 3.43. The fraction of sp³-hybridized carbons (Fsp3) is 0.286. The lowest BCUT2D eigenvalue weighted by Crippen LogP contribution is -2.28. The number of allylic oxidation sites excluding steroid dienone is 2. The van der Waals surface area contributed by atoms with Crippen molar-refractivity contribution in [3.63, 3.8) is 0 Å².